The van der Waals surface area contributed by atoms with Crippen molar-refractivity contribution in [2.75, 3.05) is 6.54 Å². The quantitative estimate of drug-likeness (QED) is 0.788. The van der Waals surface area contributed by atoms with E-state index in [4.69, 9.17) is 16.7 Å². The molecule has 94 valence electrons. The van der Waals surface area contributed by atoms with Crippen LogP contribution in [0.3, 0.4) is 0 Å². The van der Waals surface area contributed by atoms with E-state index in [0.29, 0.717) is 5.15 Å². The Kier molecular flexibility index (Phi) is 4.72. The highest BCUT2D eigenvalue weighted by atomic mass is 35.5. The SMILES string of the molecule is Cc1nn(C)c(Cl)c1/C=C/C(=O)NC[C@@H](C)O. The number of aromatic nitrogens is 2. The number of aliphatic hydroxyl groups excluding tert-OH is 1. The minimum Gasteiger partial charge on any atom is -0.392 e. The molecule has 1 atom stereocenters. The first kappa shape index (κ1) is 13.7. The van der Waals surface area contributed by atoms with Crippen LogP contribution in [0.5, 0.6) is 0 Å². The van der Waals surface area contributed by atoms with E-state index in [9.17, 15) is 4.79 Å². The number of hydrogen-bond donors (Lipinski definition) is 2. The number of carbonyl (C=O) groups excluding carboxylic acids is 1. The second-order valence-corrected chi connectivity index (χ2v) is 4.20. The van der Waals surface area contributed by atoms with Crippen LogP contribution in [0.4, 0.5) is 0 Å². The molecule has 1 amide bonds. The van der Waals surface area contributed by atoms with Gasteiger partial charge in [-0.15, -0.1) is 0 Å². The van der Waals surface area contributed by atoms with Crippen molar-refractivity contribution >= 4 is 23.6 Å². The summed E-state index contributed by atoms with van der Waals surface area (Å²) in [4.78, 5) is 11.4. The fourth-order valence-electron chi connectivity index (χ4n) is 1.30. The summed E-state index contributed by atoms with van der Waals surface area (Å²) < 4.78 is 1.55. The summed E-state index contributed by atoms with van der Waals surface area (Å²) in [7, 11) is 1.74. The van der Waals surface area contributed by atoms with Gasteiger partial charge in [0.05, 0.1) is 11.8 Å². The summed E-state index contributed by atoms with van der Waals surface area (Å²) in [5, 5.41) is 16.2. The first-order chi connectivity index (χ1) is 7.91. The summed E-state index contributed by atoms with van der Waals surface area (Å²) in [6.45, 7) is 3.65. The number of nitrogens with one attached hydrogen (secondary N) is 1. The Labute approximate surface area is 105 Å². The zero-order chi connectivity index (χ0) is 13.0. The maximum Gasteiger partial charge on any atom is 0.244 e. The molecule has 0 aliphatic carbocycles. The molecule has 0 spiro atoms. The number of carbonyl (C=O) groups is 1. The average molecular weight is 258 g/mol. The van der Waals surface area contributed by atoms with Crippen molar-refractivity contribution in [1.82, 2.24) is 15.1 Å². The monoisotopic (exact) mass is 257 g/mol. The smallest absolute Gasteiger partial charge is 0.244 e. The standard InChI is InChI=1S/C11H16ClN3O2/c1-7(16)6-13-10(17)5-4-9-8(2)14-15(3)11(9)12/h4-5,7,16H,6H2,1-3H3,(H,13,17)/b5-4+/t7-/m1/s1. The molecule has 2 N–H and O–H groups in total. The lowest BCUT2D eigenvalue weighted by Gasteiger charge is -2.03. The van der Waals surface area contributed by atoms with Gasteiger partial charge in [0.2, 0.25) is 5.91 Å². The Hall–Kier alpha value is -1.33. The third-order valence-electron chi connectivity index (χ3n) is 2.17. The van der Waals surface area contributed by atoms with E-state index in [2.05, 4.69) is 10.4 Å². The number of amides is 1. The Balaban J connectivity index is 2.67. The summed E-state index contributed by atoms with van der Waals surface area (Å²) in [6.07, 6.45) is 2.43. The minimum absolute atomic E-state index is 0.225. The Morgan fingerprint density at radius 2 is 2.35 bits per heavy atom. The molecule has 0 unspecified atom stereocenters. The molecule has 1 aromatic heterocycles. The Morgan fingerprint density at radius 1 is 1.71 bits per heavy atom. The summed E-state index contributed by atoms with van der Waals surface area (Å²) in [6, 6.07) is 0. The second-order valence-electron chi connectivity index (χ2n) is 3.84. The van der Waals surface area contributed by atoms with Crippen LogP contribution in [0, 0.1) is 6.92 Å². The number of hydrogen-bond acceptors (Lipinski definition) is 3. The molecule has 1 heterocycles. The highest BCUT2D eigenvalue weighted by Crippen LogP contribution is 2.19. The largest absolute Gasteiger partial charge is 0.392 e. The van der Waals surface area contributed by atoms with Gasteiger partial charge in [-0.3, -0.25) is 9.48 Å². The van der Waals surface area contributed by atoms with Crippen molar-refractivity contribution in [1.29, 1.82) is 0 Å². The van der Waals surface area contributed by atoms with Gasteiger partial charge in [0, 0.05) is 25.2 Å². The van der Waals surface area contributed by atoms with Gasteiger partial charge >= 0.3 is 0 Å². The number of aliphatic hydroxyl groups is 1. The van der Waals surface area contributed by atoms with Gasteiger partial charge in [-0.25, -0.2) is 0 Å². The third-order valence-corrected chi connectivity index (χ3v) is 2.62. The molecular weight excluding hydrogens is 242 g/mol. The molecule has 1 rings (SSSR count). The van der Waals surface area contributed by atoms with Crippen molar-refractivity contribution in [3.8, 4) is 0 Å². The highest BCUT2D eigenvalue weighted by Gasteiger charge is 2.08. The number of rotatable bonds is 4. The third kappa shape index (κ3) is 3.87. The number of aryl methyl sites for hydroxylation is 2. The predicted molar refractivity (Wildman–Crippen MR) is 66.7 cm³/mol. The van der Waals surface area contributed by atoms with Crippen LogP contribution in [-0.4, -0.2) is 33.4 Å². The molecule has 5 nitrogen and oxygen atoms in total. The van der Waals surface area contributed by atoms with E-state index in [0.717, 1.165) is 11.3 Å². The summed E-state index contributed by atoms with van der Waals surface area (Å²) >= 11 is 6.00. The van der Waals surface area contributed by atoms with Crippen LogP contribution in [-0.2, 0) is 11.8 Å². The first-order valence-electron chi connectivity index (χ1n) is 5.25. The minimum atomic E-state index is -0.559. The molecule has 0 aliphatic heterocycles. The first-order valence-corrected chi connectivity index (χ1v) is 5.62. The van der Waals surface area contributed by atoms with E-state index < -0.39 is 6.10 Å². The maximum atomic E-state index is 11.4. The number of nitrogens with zero attached hydrogens (tertiary/aromatic N) is 2. The van der Waals surface area contributed by atoms with E-state index in [1.807, 2.05) is 6.92 Å². The van der Waals surface area contributed by atoms with Crippen molar-refractivity contribution in [3.05, 3.63) is 22.5 Å². The number of halogens is 1. The van der Waals surface area contributed by atoms with Gasteiger partial charge in [0.25, 0.3) is 0 Å². The molecular formula is C11H16ClN3O2. The van der Waals surface area contributed by atoms with E-state index in [-0.39, 0.29) is 12.5 Å². The lowest BCUT2D eigenvalue weighted by Crippen LogP contribution is -2.28. The van der Waals surface area contributed by atoms with Gasteiger partial charge in [-0.1, -0.05) is 11.6 Å². The van der Waals surface area contributed by atoms with Crippen LogP contribution in [0.15, 0.2) is 6.08 Å². The zero-order valence-electron chi connectivity index (χ0n) is 10.1. The summed E-state index contributed by atoms with van der Waals surface area (Å²) in [5.74, 6) is -0.273. The average Bonchev–Trinajstić information content (AvgIpc) is 2.48. The summed E-state index contributed by atoms with van der Waals surface area (Å²) in [5.41, 5.74) is 1.48. The fraction of sp³-hybridized carbons (Fsp3) is 0.455. The van der Waals surface area contributed by atoms with Crippen molar-refractivity contribution in [3.63, 3.8) is 0 Å². The lowest BCUT2D eigenvalue weighted by molar-refractivity contribution is -0.116. The van der Waals surface area contributed by atoms with Gasteiger partial charge in [0.15, 0.2) is 0 Å². The molecule has 0 bridgehead atoms. The molecule has 0 saturated carbocycles. The fourth-order valence-corrected chi connectivity index (χ4v) is 1.54. The molecule has 0 saturated heterocycles. The van der Waals surface area contributed by atoms with E-state index >= 15 is 0 Å². The van der Waals surface area contributed by atoms with Crippen molar-refractivity contribution in [2.45, 2.75) is 20.0 Å². The Morgan fingerprint density at radius 3 is 2.82 bits per heavy atom. The Bertz CT molecular complexity index is 438. The molecule has 0 aromatic carbocycles. The normalized spacial score (nSPS) is 13.0. The zero-order valence-corrected chi connectivity index (χ0v) is 10.8. The van der Waals surface area contributed by atoms with Crippen LogP contribution in [0.1, 0.15) is 18.2 Å². The van der Waals surface area contributed by atoms with Crippen molar-refractivity contribution < 1.29 is 9.90 Å². The molecule has 0 fully saturated rings. The van der Waals surface area contributed by atoms with Crippen molar-refractivity contribution in [2.24, 2.45) is 7.05 Å². The topological polar surface area (TPSA) is 67.2 Å². The van der Waals surface area contributed by atoms with Gasteiger partial charge in [-0.2, -0.15) is 5.10 Å². The van der Waals surface area contributed by atoms with E-state index in [1.54, 1.807) is 24.7 Å². The van der Waals surface area contributed by atoms with Crippen LogP contribution in [0.25, 0.3) is 6.08 Å². The molecule has 1 aromatic rings. The van der Waals surface area contributed by atoms with E-state index in [1.165, 1.54) is 6.08 Å². The molecule has 17 heavy (non-hydrogen) atoms. The predicted octanol–water partition coefficient (Wildman–Crippen LogP) is 0.892. The highest BCUT2D eigenvalue weighted by molar-refractivity contribution is 6.31. The van der Waals surface area contributed by atoms with Crippen LogP contribution < -0.4 is 5.32 Å². The maximum absolute atomic E-state index is 11.4. The van der Waals surface area contributed by atoms with Gasteiger partial charge < -0.3 is 10.4 Å². The second kappa shape index (κ2) is 5.84. The van der Waals surface area contributed by atoms with Crippen LogP contribution >= 0.6 is 11.6 Å². The van der Waals surface area contributed by atoms with Crippen LogP contribution in [0.2, 0.25) is 5.15 Å². The van der Waals surface area contributed by atoms with Gasteiger partial charge in [-0.05, 0) is 19.9 Å². The molecule has 0 aliphatic rings. The molecule has 6 heteroatoms. The molecule has 0 radical (unpaired) electrons. The van der Waals surface area contributed by atoms with Gasteiger partial charge in [0.1, 0.15) is 5.15 Å². The lowest BCUT2D eigenvalue weighted by atomic mass is 10.2.